The van der Waals surface area contributed by atoms with Crippen LogP contribution < -0.4 is 14.8 Å². The van der Waals surface area contributed by atoms with E-state index in [4.69, 9.17) is 4.74 Å². The lowest BCUT2D eigenvalue weighted by Gasteiger charge is -2.10. The van der Waals surface area contributed by atoms with Crippen molar-refractivity contribution in [3.63, 3.8) is 0 Å². The van der Waals surface area contributed by atoms with Gasteiger partial charge in [-0.1, -0.05) is 29.8 Å². The van der Waals surface area contributed by atoms with Gasteiger partial charge < -0.3 is 10.1 Å². The van der Waals surface area contributed by atoms with Crippen LogP contribution in [-0.4, -0.2) is 20.9 Å². The highest BCUT2D eigenvalue weighted by molar-refractivity contribution is 7.92. The first-order valence-electron chi connectivity index (χ1n) is 9.57. The Bertz CT molecular complexity index is 1110. The molecule has 3 aromatic carbocycles. The number of anilines is 1. The molecule has 0 saturated heterocycles. The Labute approximate surface area is 177 Å². The van der Waals surface area contributed by atoms with Gasteiger partial charge in [-0.25, -0.2) is 8.42 Å². The number of nitrogens with one attached hydrogen (secondary N) is 2. The molecule has 0 aliphatic carbocycles. The smallest absolute Gasteiger partial charge is 0.261 e. The maximum Gasteiger partial charge on any atom is 0.261 e. The van der Waals surface area contributed by atoms with Crippen molar-refractivity contribution in [2.45, 2.75) is 25.3 Å². The van der Waals surface area contributed by atoms with Crippen LogP contribution >= 0.6 is 0 Å². The summed E-state index contributed by atoms with van der Waals surface area (Å²) in [4.78, 5) is 12.6. The topological polar surface area (TPSA) is 84.5 Å². The number of amides is 1. The Morgan fingerprint density at radius 3 is 2.33 bits per heavy atom. The number of benzene rings is 3. The Morgan fingerprint density at radius 1 is 0.967 bits per heavy atom. The molecular weight excluding hydrogens is 400 g/mol. The highest BCUT2D eigenvalue weighted by atomic mass is 32.2. The first kappa shape index (κ1) is 21.4. The lowest BCUT2D eigenvalue weighted by molar-refractivity contribution is 0.0951. The van der Waals surface area contributed by atoms with E-state index in [0.717, 1.165) is 16.9 Å². The normalized spacial score (nSPS) is 11.0. The van der Waals surface area contributed by atoms with E-state index in [1.54, 1.807) is 48.5 Å². The van der Waals surface area contributed by atoms with Gasteiger partial charge in [-0.05, 0) is 67.9 Å². The molecule has 156 valence electrons. The summed E-state index contributed by atoms with van der Waals surface area (Å²) >= 11 is 0. The number of carbonyl (C=O) groups excluding carboxylic acids is 1. The Balaban J connectivity index is 1.61. The Morgan fingerprint density at radius 2 is 1.67 bits per heavy atom. The van der Waals surface area contributed by atoms with E-state index in [9.17, 15) is 13.2 Å². The highest BCUT2D eigenvalue weighted by Gasteiger charge is 2.14. The zero-order valence-corrected chi connectivity index (χ0v) is 17.7. The van der Waals surface area contributed by atoms with E-state index >= 15 is 0 Å². The van der Waals surface area contributed by atoms with Crippen LogP contribution in [0.15, 0.2) is 77.7 Å². The molecule has 0 spiro atoms. The van der Waals surface area contributed by atoms with Crippen LogP contribution in [0.3, 0.4) is 0 Å². The molecule has 0 heterocycles. The molecule has 30 heavy (non-hydrogen) atoms. The number of carbonyl (C=O) groups is 1. The van der Waals surface area contributed by atoms with Crippen molar-refractivity contribution in [1.82, 2.24) is 5.32 Å². The minimum absolute atomic E-state index is 0.184. The average molecular weight is 425 g/mol. The summed E-state index contributed by atoms with van der Waals surface area (Å²) in [6.45, 7) is 4.75. The predicted octanol–water partition coefficient (Wildman–Crippen LogP) is 4.12. The lowest BCUT2D eigenvalue weighted by atomic mass is 10.1. The van der Waals surface area contributed by atoms with Crippen molar-refractivity contribution in [1.29, 1.82) is 0 Å². The van der Waals surface area contributed by atoms with Gasteiger partial charge in [0.2, 0.25) is 0 Å². The third-order valence-electron chi connectivity index (χ3n) is 4.39. The number of rotatable bonds is 8. The molecule has 0 fully saturated rings. The summed E-state index contributed by atoms with van der Waals surface area (Å²) in [5.74, 6) is 0.513. The fourth-order valence-corrected chi connectivity index (χ4v) is 3.88. The van der Waals surface area contributed by atoms with E-state index in [2.05, 4.69) is 10.0 Å². The van der Waals surface area contributed by atoms with Crippen LogP contribution in [0.25, 0.3) is 0 Å². The first-order valence-corrected chi connectivity index (χ1v) is 11.0. The monoisotopic (exact) mass is 424 g/mol. The van der Waals surface area contributed by atoms with Crippen molar-refractivity contribution in [3.05, 3.63) is 89.5 Å². The molecule has 0 aromatic heterocycles. The van der Waals surface area contributed by atoms with Gasteiger partial charge in [0.25, 0.3) is 15.9 Å². The van der Waals surface area contributed by atoms with Crippen molar-refractivity contribution in [3.8, 4) is 5.75 Å². The maximum absolute atomic E-state index is 12.5. The molecule has 0 unspecified atom stereocenters. The van der Waals surface area contributed by atoms with Crippen LogP contribution in [0.4, 0.5) is 5.69 Å². The van der Waals surface area contributed by atoms with Gasteiger partial charge in [-0.2, -0.15) is 0 Å². The standard InChI is InChI=1S/C23H24N2O4S/c1-3-29-21-6-4-5-18(15-21)16-24-23(26)19-9-11-20(12-10-19)25-30(27,28)22-13-7-17(2)8-14-22/h4-15,25H,3,16H2,1-2H3,(H,24,26). The van der Waals surface area contributed by atoms with Crippen LogP contribution in [0.5, 0.6) is 5.75 Å². The zero-order chi connectivity index (χ0) is 21.6. The molecule has 0 radical (unpaired) electrons. The Kier molecular flexibility index (Phi) is 6.74. The molecule has 0 bridgehead atoms. The fraction of sp³-hybridized carbons (Fsp3) is 0.174. The molecule has 0 atom stereocenters. The van der Waals surface area contributed by atoms with Crippen molar-refractivity contribution >= 4 is 21.6 Å². The maximum atomic E-state index is 12.5. The molecular formula is C23H24N2O4S. The minimum Gasteiger partial charge on any atom is -0.494 e. The molecule has 1 amide bonds. The third kappa shape index (κ3) is 5.61. The van der Waals surface area contributed by atoms with E-state index in [1.165, 1.54) is 0 Å². The van der Waals surface area contributed by atoms with Gasteiger partial charge in [0.05, 0.1) is 11.5 Å². The molecule has 0 saturated carbocycles. The average Bonchev–Trinajstić information content (AvgIpc) is 2.73. The molecule has 6 nitrogen and oxygen atoms in total. The molecule has 3 aromatic rings. The second-order valence-electron chi connectivity index (χ2n) is 6.76. The molecule has 3 rings (SSSR count). The van der Waals surface area contributed by atoms with Gasteiger partial charge in [0.1, 0.15) is 5.75 Å². The van der Waals surface area contributed by atoms with E-state index < -0.39 is 10.0 Å². The van der Waals surface area contributed by atoms with Gasteiger partial charge in [-0.15, -0.1) is 0 Å². The van der Waals surface area contributed by atoms with Crippen LogP contribution in [0.2, 0.25) is 0 Å². The van der Waals surface area contributed by atoms with Crippen LogP contribution in [-0.2, 0) is 16.6 Å². The summed E-state index contributed by atoms with van der Waals surface area (Å²) in [7, 11) is -3.68. The Hall–Kier alpha value is -3.32. The van der Waals surface area contributed by atoms with Gasteiger partial charge in [-0.3, -0.25) is 9.52 Å². The molecule has 7 heteroatoms. The van der Waals surface area contributed by atoms with Gasteiger partial charge in [0, 0.05) is 17.8 Å². The van der Waals surface area contributed by atoms with Gasteiger partial charge >= 0.3 is 0 Å². The highest BCUT2D eigenvalue weighted by Crippen LogP contribution is 2.18. The second-order valence-corrected chi connectivity index (χ2v) is 8.44. The quantitative estimate of drug-likeness (QED) is 0.570. The summed E-state index contributed by atoms with van der Waals surface area (Å²) in [5, 5.41) is 2.85. The van der Waals surface area contributed by atoms with Crippen molar-refractivity contribution in [2.75, 3.05) is 11.3 Å². The van der Waals surface area contributed by atoms with E-state index in [0.29, 0.717) is 24.4 Å². The number of hydrogen-bond acceptors (Lipinski definition) is 4. The lowest BCUT2D eigenvalue weighted by Crippen LogP contribution is -2.22. The van der Waals surface area contributed by atoms with Gasteiger partial charge in [0.15, 0.2) is 0 Å². The third-order valence-corrected chi connectivity index (χ3v) is 5.79. The zero-order valence-electron chi connectivity index (χ0n) is 16.9. The number of aryl methyl sites for hydroxylation is 1. The summed E-state index contributed by atoms with van der Waals surface area (Å²) < 4.78 is 32.9. The largest absolute Gasteiger partial charge is 0.494 e. The summed E-state index contributed by atoms with van der Waals surface area (Å²) in [6, 6.07) is 20.4. The molecule has 0 aliphatic rings. The first-order chi connectivity index (χ1) is 14.4. The predicted molar refractivity (Wildman–Crippen MR) is 117 cm³/mol. The number of sulfonamides is 1. The second kappa shape index (κ2) is 9.45. The minimum atomic E-state index is -3.68. The van der Waals surface area contributed by atoms with E-state index in [-0.39, 0.29) is 10.8 Å². The number of ether oxygens (including phenoxy) is 1. The van der Waals surface area contributed by atoms with Crippen molar-refractivity contribution < 1.29 is 17.9 Å². The molecule has 2 N–H and O–H groups in total. The number of hydrogen-bond donors (Lipinski definition) is 2. The molecule has 0 aliphatic heterocycles. The summed E-state index contributed by atoms with van der Waals surface area (Å²) in [5.41, 5.74) is 2.73. The fourth-order valence-electron chi connectivity index (χ4n) is 2.82. The van der Waals surface area contributed by atoms with Crippen molar-refractivity contribution in [2.24, 2.45) is 0 Å². The van der Waals surface area contributed by atoms with Crippen LogP contribution in [0.1, 0.15) is 28.4 Å². The van der Waals surface area contributed by atoms with E-state index in [1.807, 2.05) is 38.1 Å². The summed E-state index contributed by atoms with van der Waals surface area (Å²) in [6.07, 6.45) is 0. The van der Waals surface area contributed by atoms with Crippen LogP contribution in [0, 0.1) is 6.92 Å². The SMILES string of the molecule is CCOc1cccc(CNC(=O)c2ccc(NS(=O)(=O)c3ccc(C)cc3)cc2)c1.